The van der Waals surface area contributed by atoms with Gasteiger partial charge in [-0.05, 0) is 25.2 Å². The molecule has 0 aliphatic heterocycles. The molecule has 0 aliphatic carbocycles. The fourth-order valence-corrected chi connectivity index (χ4v) is 1.14. The van der Waals surface area contributed by atoms with Gasteiger partial charge in [0.05, 0.1) is 11.8 Å². The standard InChI is InChI=1S/C10H13N3O2S/c1-3-5-11-10(16)13-12-9(14)8-4-6-15-7(8)2/h3-4,6H,1,5H2,2H3,(H,12,14)(H2,11,13,16). The highest BCUT2D eigenvalue weighted by Crippen LogP contribution is 2.07. The van der Waals surface area contributed by atoms with Crippen molar-refractivity contribution in [2.24, 2.45) is 0 Å². The SMILES string of the molecule is C=CCNC(=S)NNC(=O)c1ccoc1C. The summed E-state index contributed by atoms with van der Waals surface area (Å²) in [6, 6.07) is 1.59. The zero-order valence-electron chi connectivity index (χ0n) is 8.87. The maximum atomic E-state index is 11.6. The number of hydrazine groups is 1. The first-order valence-electron chi connectivity index (χ1n) is 4.64. The summed E-state index contributed by atoms with van der Waals surface area (Å²) in [5, 5.41) is 3.14. The molecule has 0 aromatic carbocycles. The molecule has 1 heterocycles. The van der Waals surface area contributed by atoms with Gasteiger partial charge in [0.15, 0.2) is 5.11 Å². The predicted octanol–water partition coefficient (Wildman–Crippen LogP) is 0.883. The molecular weight excluding hydrogens is 226 g/mol. The largest absolute Gasteiger partial charge is 0.469 e. The topological polar surface area (TPSA) is 66.3 Å². The third-order valence-corrected chi connectivity index (χ3v) is 2.05. The van der Waals surface area contributed by atoms with E-state index in [2.05, 4.69) is 22.7 Å². The molecule has 0 aliphatic rings. The first-order chi connectivity index (χ1) is 7.65. The van der Waals surface area contributed by atoms with Gasteiger partial charge in [-0.3, -0.25) is 15.6 Å². The normalized spacial score (nSPS) is 9.31. The van der Waals surface area contributed by atoms with E-state index in [9.17, 15) is 4.79 Å². The number of hydrogen-bond donors (Lipinski definition) is 3. The summed E-state index contributed by atoms with van der Waals surface area (Å²) in [4.78, 5) is 11.6. The van der Waals surface area contributed by atoms with Gasteiger partial charge in [0, 0.05) is 6.54 Å². The van der Waals surface area contributed by atoms with Crippen LogP contribution in [0.25, 0.3) is 0 Å². The van der Waals surface area contributed by atoms with Crippen molar-refractivity contribution in [1.29, 1.82) is 0 Å². The van der Waals surface area contributed by atoms with Crippen molar-refractivity contribution in [1.82, 2.24) is 16.2 Å². The summed E-state index contributed by atoms with van der Waals surface area (Å²) in [7, 11) is 0. The van der Waals surface area contributed by atoms with Crippen LogP contribution in [-0.2, 0) is 0 Å². The van der Waals surface area contributed by atoms with Gasteiger partial charge in [0.25, 0.3) is 5.91 Å². The molecule has 0 unspecified atom stereocenters. The van der Waals surface area contributed by atoms with Gasteiger partial charge in [-0.25, -0.2) is 0 Å². The van der Waals surface area contributed by atoms with Crippen molar-refractivity contribution in [3.63, 3.8) is 0 Å². The highest BCUT2D eigenvalue weighted by Gasteiger charge is 2.10. The van der Waals surface area contributed by atoms with E-state index in [1.807, 2.05) is 0 Å². The highest BCUT2D eigenvalue weighted by molar-refractivity contribution is 7.80. The number of carbonyl (C=O) groups is 1. The average molecular weight is 239 g/mol. The number of furan rings is 1. The third kappa shape index (κ3) is 3.39. The highest BCUT2D eigenvalue weighted by atomic mass is 32.1. The van der Waals surface area contributed by atoms with E-state index in [0.29, 0.717) is 23.0 Å². The van der Waals surface area contributed by atoms with E-state index < -0.39 is 0 Å². The summed E-state index contributed by atoms with van der Waals surface area (Å²) in [6.45, 7) is 5.78. The molecule has 0 saturated heterocycles. The molecule has 0 bridgehead atoms. The second-order valence-corrected chi connectivity index (χ2v) is 3.38. The van der Waals surface area contributed by atoms with Gasteiger partial charge in [0.2, 0.25) is 0 Å². The number of carbonyl (C=O) groups excluding carboxylic acids is 1. The molecule has 1 aromatic heterocycles. The third-order valence-electron chi connectivity index (χ3n) is 1.80. The van der Waals surface area contributed by atoms with Gasteiger partial charge in [0.1, 0.15) is 5.76 Å². The Hall–Kier alpha value is -1.82. The van der Waals surface area contributed by atoms with Crippen LogP contribution < -0.4 is 16.2 Å². The minimum absolute atomic E-state index is 0.297. The maximum absolute atomic E-state index is 11.6. The monoisotopic (exact) mass is 239 g/mol. The Labute approximate surface area is 98.9 Å². The van der Waals surface area contributed by atoms with Gasteiger partial charge in [-0.1, -0.05) is 6.08 Å². The molecule has 16 heavy (non-hydrogen) atoms. The zero-order chi connectivity index (χ0) is 12.0. The van der Waals surface area contributed by atoms with Gasteiger partial charge in [-0.15, -0.1) is 6.58 Å². The molecule has 3 N–H and O–H groups in total. The number of aryl methyl sites for hydroxylation is 1. The van der Waals surface area contributed by atoms with Crippen LogP contribution in [0.2, 0.25) is 0 Å². The number of thiocarbonyl (C=S) groups is 1. The Morgan fingerprint density at radius 3 is 2.94 bits per heavy atom. The zero-order valence-corrected chi connectivity index (χ0v) is 9.69. The van der Waals surface area contributed by atoms with Gasteiger partial charge < -0.3 is 9.73 Å². The van der Waals surface area contributed by atoms with Crippen LogP contribution in [0.5, 0.6) is 0 Å². The van der Waals surface area contributed by atoms with Gasteiger partial charge in [-0.2, -0.15) is 0 Å². The number of rotatable bonds is 3. The molecule has 0 fully saturated rings. The van der Waals surface area contributed by atoms with E-state index in [1.54, 1.807) is 19.1 Å². The smallest absolute Gasteiger partial charge is 0.273 e. The molecule has 1 amide bonds. The Bertz CT molecular complexity index is 401. The van der Waals surface area contributed by atoms with E-state index in [1.165, 1.54) is 6.26 Å². The Morgan fingerprint density at radius 1 is 1.62 bits per heavy atom. The Balaban J connectivity index is 2.39. The van der Waals surface area contributed by atoms with Crippen molar-refractivity contribution < 1.29 is 9.21 Å². The summed E-state index contributed by atoms with van der Waals surface area (Å²) in [6.07, 6.45) is 3.12. The molecule has 0 saturated carbocycles. The first-order valence-corrected chi connectivity index (χ1v) is 5.05. The van der Waals surface area contributed by atoms with Crippen LogP contribution in [0.1, 0.15) is 16.1 Å². The van der Waals surface area contributed by atoms with E-state index in [0.717, 1.165) is 0 Å². The fraction of sp³-hybridized carbons (Fsp3) is 0.200. The van der Waals surface area contributed by atoms with Gasteiger partial charge >= 0.3 is 0 Å². The lowest BCUT2D eigenvalue weighted by Gasteiger charge is -2.09. The van der Waals surface area contributed by atoms with Crippen LogP contribution in [0, 0.1) is 6.92 Å². The molecule has 0 radical (unpaired) electrons. The van der Waals surface area contributed by atoms with Crippen LogP contribution in [0.3, 0.4) is 0 Å². The quantitative estimate of drug-likeness (QED) is 0.415. The number of nitrogens with one attached hydrogen (secondary N) is 3. The average Bonchev–Trinajstić information content (AvgIpc) is 2.69. The Kier molecular flexibility index (Phi) is 4.53. The summed E-state index contributed by atoms with van der Waals surface area (Å²) < 4.78 is 5.01. The molecule has 1 rings (SSSR count). The molecular formula is C10H13N3O2S. The minimum atomic E-state index is -0.297. The molecule has 5 nitrogen and oxygen atoms in total. The lowest BCUT2D eigenvalue weighted by atomic mass is 10.2. The van der Waals surface area contributed by atoms with E-state index in [-0.39, 0.29) is 5.91 Å². The molecule has 0 spiro atoms. The molecule has 0 atom stereocenters. The molecule has 1 aromatic rings. The van der Waals surface area contributed by atoms with E-state index in [4.69, 9.17) is 16.6 Å². The number of amides is 1. The van der Waals surface area contributed by atoms with Crippen molar-refractivity contribution in [3.8, 4) is 0 Å². The van der Waals surface area contributed by atoms with Crippen molar-refractivity contribution in [2.75, 3.05) is 6.54 Å². The second kappa shape index (κ2) is 5.92. The first kappa shape index (κ1) is 12.3. The molecule has 6 heteroatoms. The van der Waals surface area contributed by atoms with Crippen LogP contribution >= 0.6 is 12.2 Å². The van der Waals surface area contributed by atoms with Crippen molar-refractivity contribution in [2.45, 2.75) is 6.92 Å². The summed E-state index contributed by atoms with van der Waals surface area (Å²) in [5.74, 6) is 0.262. The van der Waals surface area contributed by atoms with Crippen LogP contribution in [0.15, 0.2) is 29.4 Å². The van der Waals surface area contributed by atoms with E-state index >= 15 is 0 Å². The predicted molar refractivity (Wildman–Crippen MR) is 64.8 cm³/mol. The van der Waals surface area contributed by atoms with Crippen molar-refractivity contribution in [3.05, 3.63) is 36.3 Å². The van der Waals surface area contributed by atoms with Crippen LogP contribution in [0.4, 0.5) is 0 Å². The minimum Gasteiger partial charge on any atom is -0.469 e. The Morgan fingerprint density at radius 2 is 2.38 bits per heavy atom. The van der Waals surface area contributed by atoms with Crippen LogP contribution in [-0.4, -0.2) is 17.6 Å². The lowest BCUT2D eigenvalue weighted by Crippen LogP contribution is -2.46. The summed E-state index contributed by atoms with van der Waals surface area (Å²) in [5.41, 5.74) is 5.48. The second-order valence-electron chi connectivity index (χ2n) is 2.97. The fourth-order valence-electron chi connectivity index (χ4n) is 1.01. The summed E-state index contributed by atoms with van der Waals surface area (Å²) >= 11 is 4.89. The lowest BCUT2D eigenvalue weighted by molar-refractivity contribution is 0.0942. The molecule has 86 valence electrons. The number of hydrogen-bond acceptors (Lipinski definition) is 3. The van der Waals surface area contributed by atoms with Crippen molar-refractivity contribution >= 4 is 23.2 Å². The maximum Gasteiger partial charge on any atom is 0.273 e.